The third-order valence-electron chi connectivity index (χ3n) is 3.61. The number of hydrogen-bond acceptors (Lipinski definition) is 3. The Morgan fingerprint density at radius 1 is 1.31 bits per heavy atom. The second-order valence-electron chi connectivity index (χ2n) is 5.01. The number of piperidine rings is 1. The van der Waals surface area contributed by atoms with Gasteiger partial charge in [-0.25, -0.2) is 0 Å². The molecule has 0 radical (unpaired) electrons. The summed E-state index contributed by atoms with van der Waals surface area (Å²) in [5, 5.41) is 6.49. The van der Waals surface area contributed by atoms with E-state index in [9.17, 15) is 4.79 Å². The van der Waals surface area contributed by atoms with E-state index in [0.29, 0.717) is 6.04 Å². The van der Waals surface area contributed by atoms with Gasteiger partial charge in [0.15, 0.2) is 0 Å². The normalized spacial score (nSPS) is 39.6. The zero-order valence-electron chi connectivity index (χ0n) is 10.2. The fourth-order valence-electron chi connectivity index (χ4n) is 2.51. The molecule has 4 heteroatoms. The number of hydrogen-bond donors (Lipinski definition) is 2. The summed E-state index contributed by atoms with van der Waals surface area (Å²) in [5.74, 6) is 0.0740. The number of carbonyl (C=O) groups excluding carboxylic acids is 1. The van der Waals surface area contributed by atoms with E-state index in [1.165, 1.54) is 0 Å². The zero-order valence-corrected chi connectivity index (χ0v) is 10.2. The van der Waals surface area contributed by atoms with Crippen LogP contribution in [0.3, 0.4) is 0 Å². The van der Waals surface area contributed by atoms with Crippen LogP contribution in [0.25, 0.3) is 0 Å². The summed E-state index contributed by atoms with van der Waals surface area (Å²) in [6.45, 7) is 5.21. The molecule has 0 aromatic heterocycles. The third kappa shape index (κ3) is 2.74. The molecule has 0 saturated carbocycles. The smallest absolute Gasteiger partial charge is 0.249 e. The van der Waals surface area contributed by atoms with Crippen molar-refractivity contribution in [2.24, 2.45) is 0 Å². The van der Waals surface area contributed by atoms with E-state index in [1.54, 1.807) is 0 Å². The molecular weight excluding hydrogens is 204 g/mol. The van der Waals surface area contributed by atoms with Gasteiger partial charge in [-0.1, -0.05) is 0 Å². The summed E-state index contributed by atoms with van der Waals surface area (Å²) in [4.78, 5) is 11.9. The van der Waals surface area contributed by atoms with E-state index in [0.717, 1.165) is 32.2 Å². The molecule has 2 heterocycles. The van der Waals surface area contributed by atoms with Crippen LogP contribution in [-0.2, 0) is 9.53 Å². The van der Waals surface area contributed by atoms with Crippen LogP contribution in [0.4, 0.5) is 0 Å². The molecule has 16 heavy (non-hydrogen) atoms. The highest BCUT2D eigenvalue weighted by Crippen LogP contribution is 2.19. The first-order valence-electron chi connectivity index (χ1n) is 6.36. The predicted octanol–water partition coefficient (Wildman–Crippen LogP) is 0.811. The highest BCUT2D eigenvalue weighted by Gasteiger charge is 2.31. The lowest BCUT2D eigenvalue weighted by Crippen LogP contribution is -2.53. The van der Waals surface area contributed by atoms with Crippen molar-refractivity contribution >= 4 is 5.91 Å². The fourth-order valence-corrected chi connectivity index (χ4v) is 2.51. The summed E-state index contributed by atoms with van der Waals surface area (Å²) < 4.78 is 5.57. The zero-order chi connectivity index (χ0) is 11.5. The topological polar surface area (TPSA) is 50.4 Å². The van der Waals surface area contributed by atoms with E-state index < -0.39 is 0 Å². The molecule has 2 aliphatic rings. The molecule has 0 aromatic carbocycles. The van der Waals surface area contributed by atoms with Crippen molar-refractivity contribution in [1.82, 2.24) is 10.6 Å². The maximum Gasteiger partial charge on any atom is 0.249 e. The van der Waals surface area contributed by atoms with E-state index in [-0.39, 0.29) is 24.2 Å². The minimum Gasteiger partial charge on any atom is -0.365 e. The van der Waals surface area contributed by atoms with E-state index in [1.807, 2.05) is 6.92 Å². The van der Waals surface area contributed by atoms with Crippen LogP contribution < -0.4 is 10.6 Å². The molecule has 4 unspecified atom stereocenters. The Balaban J connectivity index is 1.82. The molecule has 2 aliphatic heterocycles. The van der Waals surface area contributed by atoms with E-state index in [2.05, 4.69) is 17.6 Å². The standard InChI is InChI=1S/C12H22N2O2/c1-8-5-6-11(16-8)12(15)14-10-4-3-7-13-9(10)2/h8-11,13H,3-7H2,1-2H3,(H,14,15). The summed E-state index contributed by atoms with van der Waals surface area (Å²) in [7, 11) is 0. The first-order chi connectivity index (χ1) is 7.66. The van der Waals surface area contributed by atoms with Crippen LogP contribution in [0.5, 0.6) is 0 Å². The van der Waals surface area contributed by atoms with Gasteiger partial charge in [-0.05, 0) is 46.1 Å². The summed E-state index contributed by atoms with van der Waals surface area (Å²) in [6.07, 6.45) is 4.08. The van der Waals surface area contributed by atoms with Crippen LogP contribution in [-0.4, -0.2) is 36.7 Å². The highest BCUT2D eigenvalue weighted by molar-refractivity contribution is 5.81. The monoisotopic (exact) mass is 226 g/mol. The van der Waals surface area contributed by atoms with Gasteiger partial charge in [-0.2, -0.15) is 0 Å². The molecular formula is C12H22N2O2. The van der Waals surface area contributed by atoms with Crippen LogP contribution >= 0.6 is 0 Å². The largest absolute Gasteiger partial charge is 0.365 e. The molecule has 2 N–H and O–H groups in total. The summed E-state index contributed by atoms with van der Waals surface area (Å²) >= 11 is 0. The molecule has 0 aromatic rings. The van der Waals surface area contributed by atoms with Gasteiger partial charge in [0, 0.05) is 12.1 Å². The Kier molecular flexibility index (Phi) is 3.82. The van der Waals surface area contributed by atoms with Gasteiger partial charge < -0.3 is 15.4 Å². The summed E-state index contributed by atoms with van der Waals surface area (Å²) in [6, 6.07) is 0.636. The molecule has 2 saturated heterocycles. The molecule has 0 spiro atoms. The molecule has 4 nitrogen and oxygen atoms in total. The second-order valence-corrected chi connectivity index (χ2v) is 5.01. The maximum absolute atomic E-state index is 11.9. The number of nitrogens with one attached hydrogen (secondary N) is 2. The lowest BCUT2D eigenvalue weighted by Gasteiger charge is -2.31. The van der Waals surface area contributed by atoms with Gasteiger partial charge in [0.1, 0.15) is 6.10 Å². The molecule has 2 rings (SSSR count). The molecule has 4 atom stereocenters. The molecule has 2 fully saturated rings. The molecule has 0 aliphatic carbocycles. The molecule has 0 bridgehead atoms. The van der Waals surface area contributed by atoms with Crippen LogP contribution in [0, 0.1) is 0 Å². The lowest BCUT2D eigenvalue weighted by molar-refractivity contribution is -0.132. The first-order valence-corrected chi connectivity index (χ1v) is 6.36. The van der Waals surface area contributed by atoms with Gasteiger partial charge in [-0.3, -0.25) is 4.79 Å². The number of carbonyl (C=O) groups is 1. The number of rotatable bonds is 2. The quantitative estimate of drug-likeness (QED) is 0.732. The van der Waals surface area contributed by atoms with Gasteiger partial charge in [-0.15, -0.1) is 0 Å². The second kappa shape index (κ2) is 5.15. The van der Waals surface area contributed by atoms with Crippen molar-refractivity contribution in [1.29, 1.82) is 0 Å². The molecule has 92 valence electrons. The number of ether oxygens (including phenoxy) is 1. The van der Waals surface area contributed by atoms with Gasteiger partial charge in [0.05, 0.1) is 6.10 Å². The van der Waals surface area contributed by atoms with Crippen molar-refractivity contribution in [3.05, 3.63) is 0 Å². The van der Waals surface area contributed by atoms with Crippen molar-refractivity contribution < 1.29 is 9.53 Å². The van der Waals surface area contributed by atoms with Crippen molar-refractivity contribution in [3.63, 3.8) is 0 Å². The van der Waals surface area contributed by atoms with Crippen LogP contribution in [0.2, 0.25) is 0 Å². The van der Waals surface area contributed by atoms with Crippen LogP contribution in [0.15, 0.2) is 0 Å². The fraction of sp³-hybridized carbons (Fsp3) is 0.917. The van der Waals surface area contributed by atoms with Gasteiger partial charge in [0.2, 0.25) is 5.91 Å². The maximum atomic E-state index is 11.9. The Bertz CT molecular complexity index is 257. The van der Waals surface area contributed by atoms with Crippen molar-refractivity contribution in [2.75, 3.05) is 6.54 Å². The SMILES string of the molecule is CC1CCC(C(=O)NC2CCCNC2C)O1. The van der Waals surface area contributed by atoms with Crippen molar-refractivity contribution in [3.8, 4) is 0 Å². The minimum absolute atomic E-state index is 0.0740. The highest BCUT2D eigenvalue weighted by atomic mass is 16.5. The Morgan fingerprint density at radius 3 is 2.75 bits per heavy atom. The number of amides is 1. The minimum atomic E-state index is -0.218. The predicted molar refractivity (Wildman–Crippen MR) is 62.2 cm³/mol. The van der Waals surface area contributed by atoms with Crippen molar-refractivity contribution in [2.45, 2.75) is 63.8 Å². The van der Waals surface area contributed by atoms with E-state index >= 15 is 0 Å². The Labute approximate surface area is 97.1 Å². The Morgan fingerprint density at radius 2 is 2.12 bits per heavy atom. The molecule has 1 amide bonds. The third-order valence-corrected chi connectivity index (χ3v) is 3.61. The van der Waals surface area contributed by atoms with Gasteiger partial charge in [0.25, 0.3) is 0 Å². The summed E-state index contributed by atoms with van der Waals surface area (Å²) in [5.41, 5.74) is 0. The van der Waals surface area contributed by atoms with Gasteiger partial charge >= 0.3 is 0 Å². The lowest BCUT2D eigenvalue weighted by atomic mass is 9.99. The average Bonchev–Trinajstić information content (AvgIpc) is 2.68. The first kappa shape index (κ1) is 11.9. The van der Waals surface area contributed by atoms with E-state index in [4.69, 9.17) is 4.74 Å². The average molecular weight is 226 g/mol. The Hall–Kier alpha value is -0.610. The van der Waals surface area contributed by atoms with Crippen LogP contribution in [0.1, 0.15) is 39.5 Å².